The van der Waals surface area contributed by atoms with E-state index in [1.54, 1.807) is 0 Å². The standard InChI is InChI=1S/C25H32N2O6/c1-25(2,19-3-5-21-17(11-19)13-26(15-32-21)9-7-23(28)29)20-4-6-22-18(12-20)14-27(16-33-22)10-8-24(30)31/h3-6,11,20H,7-10,12-16H2,1-2H3,(H,28,29)(H,30,31). The van der Waals surface area contributed by atoms with Gasteiger partial charge in [-0.2, -0.15) is 0 Å². The summed E-state index contributed by atoms with van der Waals surface area (Å²) in [7, 11) is 0. The summed E-state index contributed by atoms with van der Waals surface area (Å²) in [5.41, 5.74) is 3.37. The van der Waals surface area contributed by atoms with E-state index in [1.807, 2.05) is 15.9 Å². The van der Waals surface area contributed by atoms with Crippen molar-refractivity contribution in [2.24, 2.45) is 5.92 Å². The molecule has 0 bridgehead atoms. The summed E-state index contributed by atoms with van der Waals surface area (Å²) >= 11 is 0. The minimum absolute atomic E-state index is 0.0970. The molecule has 1 atom stereocenters. The molecule has 1 aromatic rings. The predicted octanol–water partition coefficient (Wildman–Crippen LogP) is 3.19. The predicted molar refractivity (Wildman–Crippen MR) is 122 cm³/mol. The van der Waals surface area contributed by atoms with Crippen LogP contribution in [0.25, 0.3) is 0 Å². The molecule has 0 saturated heterocycles. The van der Waals surface area contributed by atoms with Gasteiger partial charge < -0.3 is 19.7 Å². The molecular weight excluding hydrogens is 424 g/mol. The van der Waals surface area contributed by atoms with Crippen molar-refractivity contribution in [3.05, 3.63) is 52.8 Å². The Morgan fingerprint density at radius 3 is 2.39 bits per heavy atom. The van der Waals surface area contributed by atoms with E-state index in [0.717, 1.165) is 30.0 Å². The third kappa shape index (κ3) is 5.39. The fraction of sp³-hybridized carbons (Fsp3) is 0.520. The van der Waals surface area contributed by atoms with Gasteiger partial charge in [0.25, 0.3) is 0 Å². The number of carbonyl (C=O) groups is 2. The van der Waals surface area contributed by atoms with E-state index in [1.165, 1.54) is 11.1 Å². The number of ether oxygens (including phenoxy) is 2. The summed E-state index contributed by atoms with van der Waals surface area (Å²) in [5, 5.41) is 17.9. The van der Waals surface area contributed by atoms with Gasteiger partial charge in [-0.15, -0.1) is 0 Å². The molecule has 0 fully saturated rings. The normalized spacial score (nSPS) is 21.1. The van der Waals surface area contributed by atoms with Crippen LogP contribution < -0.4 is 4.74 Å². The van der Waals surface area contributed by atoms with Gasteiger partial charge in [0.15, 0.2) is 0 Å². The second kappa shape index (κ2) is 9.57. The van der Waals surface area contributed by atoms with Crippen molar-refractivity contribution in [3.8, 4) is 5.75 Å². The van der Waals surface area contributed by atoms with Crippen molar-refractivity contribution >= 4 is 11.9 Å². The number of carboxylic acids is 2. The van der Waals surface area contributed by atoms with E-state index in [9.17, 15) is 9.59 Å². The van der Waals surface area contributed by atoms with E-state index in [2.05, 4.69) is 38.1 Å². The number of aliphatic carboxylic acids is 2. The average molecular weight is 457 g/mol. The molecule has 2 aliphatic heterocycles. The van der Waals surface area contributed by atoms with Gasteiger partial charge in [-0.05, 0) is 41.0 Å². The van der Waals surface area contributed by atoms with Gasteiger partial charge in [0.1, 0.15) is 25.0 Å². The van der Waals surface area contributed by atoms with Crippen LogP contribution >= 0.6 is 0 Å². The van der Waals surface area contributed by atoms with E-state index < -0.39 is 11.9 Å². The van der Waals surface area contributed by atoms with Crippen molar-refractivity contribution < 1.29 is 29.3 Å². The molecule has 8 heteroatoms. The first-order valence-electron chi connectivity index (χ1n) is 11.4. The number of fused-ring (bicyclic) bond motifs is 1. The monoisotopic (exact) mass is 456 g/mol. The lowest BCUT2D eigenvalue weighted by molar-refractivity contribution is -0.138. The van der Waals surface area contributed by atoms with Crippen molar-refractivity contribution in [1.82, 2.24) is 9.80 Å². The Bertz CT molecular complexity index is 983. The van der Waals surface area contributed by atoms with Gasteiger partial charge in [-0.3, -0.25) is 19.4 Å². The van der Waals surface area contributed by atoms with Crippen LogP contribution in [0, 0.1) is 5.92 Å². The molecule has 1 aromatic carbocycles. The second-order valence-electron chi connectivity index (χ2n) is 9.62. The van der Waals surface area contributed by atoms with Crippen LogP contribution in [0.2, 0.25) is 0 Å². The van der Waals surface area contributed by atoms with Crippen LogP contribution in [-0.2, 0) is 26.3 Å². The molecule has 2 heterocycles. The van der Waals surface area contributed by atoms with Crippen molar-refractivity contribution in [1.29, 1.82) is 0 Å². The van der Waals surface area contributed by atoms with E-state index >= 15 is 0 Å². The molecule has 4 rings (SSSR count). The largest absolute Gasteiger partial charge is 0.481 e. The Labute approximate surface area is 194 Å². The zero-order chi connectivity index (χ0) is 23.6. The molecule has 178 valence electrons. The quantitative estimate of drug-likeness (QED) is 0.615. The first kappa shape index (κ1) is 23.3. The Morgan fingerprint density at radius 2 is 1.70 bits per heavy atom. The van der Waals surface area contributed by atoms with Gasteiger partial charge in [0, 0.05) is 31.7 Å². The van der Waals surface area contributed by atoms with E-state index in [-0.39, 0.29) is 24.2 Å². The highest BCUT2D eigenvalue weighted by Gasteiger charge is 2.35. The summed E-state index contributed by atoms with van der Waals surface area (Å²) in [5.74, 6) is 0.448. The van der Waals surface area contributed by atoms with Gasteiger partial charge in [-0.25, -0.2) is 0 Å². The topological polar surface area (TPSA) is 99.5 Å². The molecule has 0 aromatic heterocycles. The molecule has 33 heavy (non-hydrogen) atoms. The number of hydrogen-bond acceptors (Lipinski definition) is 6. The maximum atomic E-state index is 10.9. The molecule has 8 nitrogen and oxygen atoms in total. The van der Waals surface area contributed by atoms with Crippen molar-refractivity contribution in [3.63, 3.8) is 0 Å². The molecule has 2 N–H and O–H groups in total. The van der Waals surface area contributed by atoms with Gasteiger partial charge in [-0.1, -0.05) is 32.1 Å². The lowest BCUT2D eigenvalue weighted by atomic mass is 9.69. The van der Waals surface area contributed by atoms with Gasteiger partial charge >= 0.3 is 11.9 Å². The summed E-state index contributed by atoms with van der Waals surface area (Å²) in [6.07, 6.45) is 5.35. The molecule has 1 unspecified atom stereocenters. The first-order valence-corrected chi connectivity index (χ1v) is 11.4. The maximum absolute atomic E-state index is 10.9. The number of nitrogens with zero attached hydrogens (tertiary/aromatic N) is 2. The highest BCUT2D eigenvalue weighted by molar-refractivity contribution is 5.67. The smallest absolute Gasteiger partial charge is 0.304 e. The third-order valence-electron chi connectivity index (χ3n) is 6.92. The Kier molecular flexibility index (Phi) is 6.76. The molecular formula is C25H32N2O6. The highest BCUT2D eigenvalue weighted by Crippen LogP contribution is 2.42. The molecule has 0 spiro atoms. The number of carboxylic acid groups (broad SMARTS) is 2. The molecule has 0 radical (unpaired) electrons. The summed E-state index contributed by atoms with van der Waals surface area (Å²) < 4.78 is 11.7. The van der Waals surface area contributed by atoms with Gasteiger partial charge in [0.2, 0.25) is 0 Å². The maximum Gasteiger partial charge on any atom is 0.304 e. The highest BCUT2D eigenvalue weighted by atomic mass is 16.5. The minimum atomic E-state index is -0.804. The van der Waals surface area contributed by atoms with Crippen LogP contribution in [0.5, 0.6) is 5.75 Å². The number of benzene rings is 1. The molecule has 0 saturated carbocycles. The van der Waals surface area contributed by atoms with Crippen LogP contribution in [0.4, 0.5) is 0 Å². The Hall–Kier alpha value is -2.84. The lowest BCUT2D eigenvalue weighted by Gasteiger charge is -2.39. The van der Waals surface area contributed by atoms with Crippen LogP contribution in [0.15, 0.2) is 41.7 Å². The zero-order valence-electron chi connectivity index (χ0n) is 19.2. The van der Waals surface area contributed by atoms with E-state index in [4.69, 9.17) is 19.7 Å². The fourth-order valence-electron chi connectivity index (χ4n) is 4.72. The Morgan fingerprint density at radius 1 is 1.03 bits per heavy atom. The zero-order valence-corrected chi connectivity index (χ0v) is 19.2. The SMILES string of the molecule is CC(C)(c1ccc2c(c1)CN(CCC(=O)O)CO2)C1C=CC2=C(C1)CN(CCC(=O)O)CO2. The number of allylic oxidation sites excluding steroid dienone is 2. The number of rotatable bonds is 8. The lowest BCUT2D eigenvalue weighted by Crippen LogP contribution is -2.38. The second-order valence-corrected chi connectivity index (χ2v) is 9.62. The van der Waals surface area contributed by atoms with Crippen LogP contribution in [0.3, 0.4) is 0 Å². The van der Waals surface area contributed by atoms with Crippen molar-refractivity contribution in [2.75, 3.05) is 33.1 Å². The summed E-state index contributed by atoms with van der Waals surface area (Å²) in [4.78, 5) is 25.9. The van der Waals surface area contributed by atoms with Crippen molar-refractivity contribution in [2.45, 2.75) is 45.1 Å². The van der Waals surface area contributed by atoms with Crippen LogP contribution in [-0.4, -0.2) is 65.0 Å². The molecule has 0 amide bonds. The fourth-order valence-corrected chi connectivity index (χ4v) is 4.72. The average Bonchev–Trinajstić information content (AvgIpc) is 2.80. The minimum Gasteiger partial charge on any atom is -0.481 e. The first-order chi connectivity index (χ1) is 15.7. The van der Waals surface area contributed by atoms with Gasteiger partial charge in [0.05, 0.1) is 12.8 Å². The van der Waals surface area contributed by atoms with E-state index in [0.29, 0.717) is 33.1 Å². The summed E-state index contributed by atoms with van der Waals surface area (Å²) in [6, 6.07) is 6.34. The van der Waals surface area contributed by atoms with Crippen LogP contribution in [0.1, 0.15) is 44.2 Å². The number of hydrogen-bond donors (Lipinski definition) is 2. The Balaban J connectivity index is 1.45. The third-order valence-corrected chi connectivity index (χ3v) is 6.92. The molecule has 3 aliphatic rings. The summed E-state index contributed by atoms with van der Waals surface area (Å²) in [6.45, 7) is 7.67. The molecule has 1 aliphatic carbocycles.